The van der Waals surface area contributed by atoms with Crippen molar-refractivity contribution in [2.75, 3.05) is 0 Å². The van der Waals surface area contributed by atoms with Crippen molar-refractivity contribution in [1.29, 1.82) is 0 Å². The van der Waals surface area contributed by atoms with Gasteiger partial charge in [0.1, 0.15) is 6.26 Å². The van der Waals surface area contributed by atoms with Gasteiger partial charge < -0.3 is 9.84 Å². The summed E-state index contributed by atoms with van der Waals surface area (Å²) in [5, 5.41) is 6.41. The highest BCUT2D eigenvalue weighted by Gasteiger charge is 2.05. The van der Waals surface area contributed by atoms with Crippen LogP contribution in [-0.4, -0.2) is 16.0 Å². The van der Waals surface area contributed by atoms with Crippen LogP contribution in [0, 0.1) is 0 Å². The number of pyridine rings is 1. The van der Waals surface area contributed by atoms with E-state index in [-0.39, 0.29) is 12.3 Å². The lowest BCUT2D eigenvalue weighted by molar-refractivity contribution is -0.120. The first kappa shape index (κ1) is 10.4. The molecule has 0 aliphatic carbocycles. The van der Waals surface area contributed by atoms with E-state index in [1.807, 2.05) is 18.2 Å². The number of hydrogen-bond donors (Lipinski definition) is 1. The van der Waals surface area contributed by atoms with E-state index in [1.165, 1.54) is 6.26 Å². The number of carbonyl (C=O) groups excluding carboxylic acids is 1. The molecule has 5 heteroatoms. The van der Waals surface area contributed by atoms with Crippen LogP contribution >= 0.6 is 0 Å². The normalized spacial score (nSPS) is 10.0. The summed E-state index contributed by atoms with van der Waals surface area (Å²) >= 11 is 0. The van der Waals surface area contributed by atoms with Gasteiger partial charge in [-0.2, -0.15) is 0 Å². The molecule has 0 unspecified atom stereocenters. The van der Waals surface area contributed by atoms with Gasteiger partial charge in [0.25, 0.3) is 0 Å². The lowest BCUT2D eigenvalue weighted by Gasteiger charge is -2.02. The van der Waals surface area contributed by atoms with E-state index in [0.717, 1.165) is 5.69 Å². The highest BCUT2D eigenvalue weighted by Crippen LogP contribution is 1.96. The molecule has 0 aliphatic rings. The number of aromatic nitrogens is 2. The van der Waals surface area contributed by atoms with Crippen molar-refractivity contribution < 1.29 is 9.32 Å². The van der Waals surface area contributed by atoms with Gasteiger partial charge in [-0.25, -0.2) is 0 Å². The van der Waals surface area contributed by atoms with Gasteiger partial charge in [-0.05, 0) is 12.1 Å². The Balaban J connectivity index is 1.80. The monoisotopic (exact) mass is 217 g/mol. The number of amides is 1. The lowest BCUT2D eigenvalue weighted by atomic mass is 10.3. The Labute approximate surface area is 92.5 Å². The van der Waals surface area contributed by atoms with E-state index >= 15 is 0 Å². The van der Waals surface area contributed by atoms with Crippen LogP contribution in [0.3, 0.4) is 0 Å². The molecule has 0 fully saturated rings. The second kappa shape index (κ2) is 5.06. The fourth-order valence-electron chi connectivity index (χ4n) is 1.25. The minimum absolute atomic E-state index is 0.0976. The molecule has 2 aromatic rings. The summed E-state index contributed by atoms with van der Waals surface area (Å²) in [6.45, 7) is 0.428. The van der Waals surface area contributed by atoms with Crippen molar-refractivity contribution in [3.63, 3.8) is 0 Å². The molecule has 0 aliphatic heterocycles. The van der Waals surface area contributed by atoms with Crippen LogP contribution in [0.5, 0.6) is 0 Å². The summed E-state index contributed by atoms with van der Waals surface area (Å²) in [7, 11) is 0. The molecule has 0 saturated carbocycles. The third-order valence-corrected chi connectivity index (χ3v) is 2.03. The number of nitrogens with one attached hydrogen (secondary N) is 1. The molecule has 1 amide bonds. The first-order chi connectivity index (χ1) is 7.84. The molecule has 5 nitrogen and oxygen atoms in total. The van der Waals surface area contributed by atoms with Gasteiger partial charge in [-0.3, -0.25) is 9.78 Å². The zero-order valence-corrected chi connectivity index (χ0v) is 8.59. The van der Waals surface area contributed by atoms with Gasteiger partial charge in [0.15, 0.2) is 0 Å². The number of nitrogens with zero attached hydrogens (tertiary/aromatic N) is 2. The van der Waals surface area contributed by atoms with E-state index in [4.69, 9.17) is 0 Å². The molecular weight excluding hydrogens is 206 g/mol. The van der Waals surface area contributed by atoms with E-state index in [9.17, 15) is 4.79 Å². The molecule has 2 heterocycles. The quantitative estimate of drug-likeness (QED) is 0.827. The van der Waals surface area contributed by atoms with Crippen molar-refractivity contribution in [2.45, 2.75) is 13.0 Å². The Hall–Kier alpha value is -2.17. The smallest absolute Gasteiger partial charge is 0.226 e. The van der Waals surface area contributed by atoms with Gasteiger partial charge in [0.05, 0.1) is 24.4 Å². The Morgan fingerprint density at radius 1 is 1.31 bits per heavy atom. The molecule has 2 aromatic heterocycles. The van der Waals surface area contributed by atoms with Crippen LogP contribution in [0.25, 0.3) is 0 Å². The van der Waals surface area contributed by atoms with Crippen molar-refractivity contribution in [2.24, 2.45) is 0 Å². The molecule has 1 N–H and O–H groups in total. The number of rotatable bonds is 4. The fraction of sp³-hybridized carbons (Fsp3) is 0.182. The zero-order chi connectivity index (χ0) is 11.2. The summed E-state index contributed by atoms with van der Waals surface area (Å²) in [4.78, 5) is 15.6. The molecule has 0 atom stereocenters. The van der Waals surface area contributed by atoms with E-state index in [1.54, 1.807) is 12.3 Å². The largest absolute Gasteiger partial charge is 0.364 e. The average Bonchev–Trinajstić information content (AvgIpc) is 2.81. The highest BCUT2D eigenvalue weighted by molar-refractivity contribution is 5.77. The standard InChI is InChI=1S/C11H11N3O2/c15-11(7-9-4-6-16-14-9)13-8-10-3-1-2-5-12-10/h1-6H,7-8H2,(H,13,15). The third-order valence-electron chi connectivity index (χ3n) is 2.03. The maximum absolute atomic E-state index is 11.5. The molecule has 0 aromatic carbocycles. The van der Waals surface area contributed by atoms with Crippen LogP contribution in [0.15, 0.2) is 41.2 Å². The van der Waals surface area contributed by atoms with Crippen LogP contribution in [0.1, 0.15) is 11.4 Å². The highest BCUT2D eigenvalue weighted by atomic mass is 16.5. The minimum Gasteiger partial charge on any atom is -0.364 e. The summed E-state index contributed by atoms with van der Waals surface area (Å²) in [5.41, 5.74) is 1.45. The molecule has 0 saturated heterocycles. The van der Waals surface area contributed by atoms with E-state index < -0.39 is 0 Å². The van der Waals surface area contributed by atoms with Crippen molar-refractivity contribution in [3.05, 3.63) is 48.1 Å². The predicted octanol–water partition coefficient (Wildman–Crippen LogP) is 0.928. The number of carbonyl (C=O) groups is 1. The predicted molar refractivity (Wildman–Crippen MR) is 56.3 cm³/mol. The van der Waals surface area contributed by atoms with E-state index in [0.29, 0.717) is 12.2 Å². The maximum atomic E-state index is 11.5. The molecule has 2 rings (SSSR count). The molecule has 0 spiro atoms. The Morgan fingerprint density at radius 3 is 2.94 bits per heavy atom. The molecule has 16 heavy (non-hydrogen) atoms. The van der Waals surface area contributed by atoms with Gasteiger partial charge in [-0.15, -0.1) is 0 Å². The molecule has 0 radical (unpaired) electrons. The van der Waals surface area contributed by atoms with Crippen LogP contribution < -0.4 is 5.32 Å². The molecular formula is C11H11N3O2. The van der Waals surface area contributed by atoms with Crippen molar-refractivity contribution >= 4 is 5.91 Å². The fourth-order valence-corrected chi connectivity index (χ4v) is 1.25. The van der Waals surface area contributed by atoms with Crippen LogP contribution in [-0.2, 0) is 17.8 Å². The third kappa shape index (κ3) is 2.91. The van der Waals surface area contributed by atoms with Gasteiger partial charge in [0, 0.05) is 12.3 Å². The van der Waals surface area contributed by atoms with Gasteiger partial charge in [-0.1, -0.05) is 11.2 Å². The van der Waals surface area contributed by atoms with Gasteiger partial charge >= 0.3 is 0 Å². The molecule has 82 valence electrons. The van der Waals surface area contributed by atoms with Crippen LogP contribution in [0.2, 0.25) is 0 Å². The van der Waals surface area contributed by atoms with Gasteiger partial charge in [0.2, 0.25) is 5.91 Å². The SMILES string of the molecule is O=C(Cc1ccon1)NCc1ccccn1. The Morgan fingerprint density at radius 2 is 2.25 bits per heavy atom. The van der Waals surface area contributed by atoms with E-state index in [2.05, 4.69) is 20.0 Å². The topological polar surface area (TPSA) is 68.0 Å². The lowest BCUT2D eigenvalue weighted by Crippen LogP contribution is -2.25. The second-order valence-electron chi connectivity index (χ2n) is 3.27. The zero-order valence-electron chi connectivity index (χ0n) is 8.59. The summed E-state index contributed by atoms with van der Waals surface area (Å²) < 4.78 is 4.64. The second-order valence-corrected chi connectivity index (χ2v) is 3.27. The first-order valence-corrected chi connectivity index (χ1v) is 4.90. The van der Waals surface area contributed by atoms with Crippen LogP contribution in [0.4, 0.5) is 0 Å². The Kier molecular flexibility index (Phi) is 3.28. The first-order valence-electron chi connectivity index (χ1n) is 4.90. The maximum Gasteiger partial charge on any atom is 0.226 e. The number of hydrogen-bond acceptors (Lipinski definition) is 4. The summed E-state index contributed by atoms with van der Waals surface area (Å²) in [5.74, 6) is -0.0976. The summed E-state index contributed by atoms with van der Waals surface area (Å²) in [6.07, 6.45) is 3.36. The Bertz CT molecular complexity index is 440. The minimum atomic E-state index is -0.0976. The molecule has 0 bridgehead atoms. The average molecular weight is 217 g/mol. The van der Waals surface area contributed by atoms with Crippen molar-refractivity contribution in [3.8, 4) is 0 Å². The van der Waals surface area contributed by atoms with Crippen molar-refractivity contribution in [1.82, 2.24) is 15.5 Å². The summed E-state index contributed by atoms with van der Waals surface area (Å²) in [6, 6.07) is 7.24.